The van der Waals surface area contributed by atoms with Gasteiger partial charge in [0.05, 0.1) is 6.61 Å². The van der Waals surface area contributed by atoms with Gasteiger partial charge in [-0.3, -0.25) is 0 Å². The van der Waals surface area contributed by atoms with Gasteiger partial charge in [-0.25, -0.2) is 4.39 Å². The van der Waals surface area contributed by atoms with Crippen molar-refractivity contribution in [2.45, 2.75) is 6.10 Å². The molecule has 0 spiro atoms. The number of hydrogen-bond donors (Lipinski definition) is 0. The Hall–Kier alpha value is -1.61. The van der Waals surface area contributed by atoms with Crippen LogP contribution in [0.5, 0.6) is 5.75 Å². The molecule has 1 heterocycles. The van der Waals surface area contributed by atoms with Crippen molar-refractivity contribution in [3.05, 3.63) is 42.2 Å². The van der Waals surface area contributed by atoms with Crippen molar-refractivity contribution in [1.82, 2.24) is 0 Å². The molecule has 0 N–H and O–H groups in total. The Morgan fingerprint density at radius 1 is 1.19 bits per heavy atom. The Morgan fingerprint density at radius 2 is 1.94 bits per heavy atom. The number of hydrogen-bond acceptors (Lipinski definition) is 2. The van der Waals surface area contributed by atoms with E-state index < -0.39 is 0 Å². The van der Waals surface area contributed by atoms with Crippen LogP contribution < -0.4 is 4.74 Å². The lowest BCUT2D eigenvalue weighted by atomic mass is 10.1. The monoisotopic (exact) mass is 218 g/mol. The third-order valence-electron chi connectivity index (χ3n) is 2.61. The van der Waals surface area contributed by atoms with E-state index in [1.807, 2.05) is 18.2 Å². The summed E-state index contributed by atoms with van der Waals surface area (Å²) in [7, 11) is 0. The van der Waals surface area contributed by atoms with Crippen LogP contribution in [0.2, 0.25) is 0 Å². The molecule has 1 unspecified atom stereocenters. The summed E-state index contributed by atoms with van der Waals surface area (Å²) in [6.07, 6.45) is 0.254. The SMILES string of the molecule is Fc1ccc2cc(OCC3CO3)ccc2c1. The van der Waals surface area contributed by atoms with E-state index in [0.717, 1.165) is 23.1 Å². The van der Waals surface area contributed by atoms with E-state index in [4.69, 9.17) is 9.47 Å². The highest BCUT2D eigenvalue weighted by Crippen LogP contribution is 2.22. The highest BCUT2D eigenvalue weighted by Gasteiger charge is 2.22. The maximum Gasteiger partial charge on any atom is 0.123 e. The van der Waals surface area contributed by atoms with Gasteiger partial charge in [-0.05, 0) is 35.0 Å². The average molecular weight is 218 g/mol. The summed E-state index contributed by atoms with van der Waals surface area (Å²) in [5.74, 6) is 0.585. The molecule has 2 nitrogen and oxygen atoms in total. The van der Waals surface area contributed by atoms with Crippen molar-refractivity contribution >= 4 is 10.8 Å². The molecule has 1 fully saturated rings. The molecule has 1 atom stereocenters. The highest BCUT2D eigenvalue weighted by molar-refractivity contribution is 5.83. The molecular formula is C13H11FO2. The van der Waals surface area contributed by atoms with Crippen molar-refractivity contribution in [3.8, 4) is 5.75 Å². The van der Waals surface area contributed by atoms with E-state index in [-0.39, 0.29) is 11.9 Å². The van der Waals surface area contributed by atoms with Gasteiger partial charge >= 0.3 is 0 Å². The van der Waals surface area contributed by atoms with Crippen LogP contribution in [0.4, 0.5) is 4.39 Å². The fourth-order valence-electron chi connectivity index (χ4n) is 1.64. The van der Waals surface area contributed by atoms with E-state index in [1.54, 1.807) is 6.07 Å². The lowest BCUT2D eigenvalue weighted by molar-refractivity contribution is 0.263. The molecule has 1 saturated heterocycles. The Balaban J connectivity index is 1.86. The fourth-order valence-corrected chi connectivity index (χ4v) is 1.64. The first-order chi connectivity index (χ1) is 7.81. The first-order valence-electron chi connectivity index (χ1n) is 5.25. The van der Waals surface area contributed by atoms with Gasteiger partial charge in [0.1, 0.15) is 24.3 Å². The predicted molar refractivity (Wildman–Crippen MR) is 59.1 cm³/mol. The van der Waals surface area contributed by atoms with Crippen LogP contribution in [0.3, 0.4) is 0 Å². The molecule has 0 bridgehead atoms. The van der Waals surface area contributed by atoms with E-state index in [2.05, 4.69) is 0 Å². The average Bonchev–Trinajstić information content (AvgIpc) is 3.10. The van der Waals surface area contributed by atoms with E-state index in [0.29, 0.717) is 6.61 Å². The third-order valence-corrected chi connectivity index (χ3v) is 2.61. The van der Waals surface area contributed by atoms with Gasteiger partial charge in [0.25, 0.3) is 0 Å². The maximum absolute atomic E-state index is 13.0. The van der Waals surface area contributed by atoms with Gasteiger partial charge in [0.15, 0.2) is 0 Å². The van der Waals surface area contributed by atoms with Gasteiger partial charge in [0, 0.05) is 0 Å². The van der Waals surface area contributed by atoms with Crippen LogP contribution in [0.1, 0.15) is 0 Å². The Labute approximate surface area is 92.6 Å². The summed E-state index contributed by atoms with van der Waals surface area (Å²) in [4.78, 5) is 0. The molecule has 0 saturated carbocycles. The minimum Gasteiger partial charge on any atom is -0.491 e. The van der Waals surface area contributed by atoms with Crippen molar-refractivity contribution in [3.63, 3.8) is 0 Å². The van der Waals surface area contributed by atoms with Crippen LogP contribution in [0.25, 0.3) is 10.8 Å². The van der Waals surface area contributed by atoms with E-state index in [9.17, 15) is 4.39 Å². The summed E-state index contributed by atoms with van der Waals surface area (Å²) in [5, 5.41) is 1.87. The van der Waals surface area contributed by atoms with Gasteiger partial charge in [-0.15, -0.1) is 0 Å². The van der Waals surface area contributed by atoms with E-state index in [1.165, 1.54) is 12.1 Å². The van der Waals surface area contributed by atoms with E-state index >= 15 is 0 Å². The van der Waals surface area contributed by atoms with Crippen LogP contribution in [0, 0.1) is 5.82 Å². The smallest absolute Gasteiger partial charge is 0.123 e. The molecule has 0 aromatic heterocycles. The van der Waals surface area contributed by atoms with Crippen molar-refractivity contribution in [1.29, 1.82) is 0 Å². The van der Waals surface area contributed by atoms with Gasteiger partial charge < -0.3 is 9.47 Å². The zero-order valence-corrected chi connectivity index (χ0v) is 8.65. The first-order valence-corrected chi connectivity index (χ1v) is 5.25. The van der Waals surface area contributed by atoms with Crippen molar-refractivity contribution < 1.29 is 13.9 Å². The number of benzene rings is 2. The Bertz CT molecular complexity index is 520. The molecule has 0 radical (unpaired) electrons. The highest BCUT2D eigenvalue weighted by atomic mass is 19.1. The van der Waals surface area contributed by atoms with Gasteiger partial charge in [-0.2, -0.15) is 0 Å². The summed E-state index contributed by atoms with van der Waals surface area (Å²) < 4.78 is 23.6. The molecule has 0 amide bonds. The summed E-state index contributed by atoms with van der Waals surface area (Å²) in [6.45, 7) is 1.38. The minimum absolute atomic E-state index is 0.215. The third kappa shape index (κ3) is 1.99. The number of ether oxygens (including phenoxy) is 2. The molecule has 3 heteroatoms. The standard InChI is InChI=1S/C13H11FO2/c14-11-3-1-10-6-12(4-2-9(10)5-11)15-7-13-8-16-13/h1-6,13H,7-8H2. The maximum atomic E-state index is 13.0. The van der Waals surface area contributed by atoms with Crippen LogP contribution in [-0.4, -0.2) is 19.3 Å². The molecule has 3 rings (SSSR count). The number of halogens is 1. The lowest BCUT2D eigenvalue weighted by Crippen LogP contribution is -2.03. The first kappa shape index (κ1) is 9.60. The molecule has 1 aliphatic rings. The molecule has 1 aliphatic heterocycles. The summed E-state index contributed by atoms with van der Waals surface area (Å²) >= 11 is 0. The molecule has 2 aromatic carbocycles. The molecular weight excluding hydrogens is 207 g/mol. The number of rotatable bonds is 3. The molecule has 2 aromatic rings. The van der Waals surface area contributed by atoms with Crippen LogP contribution >= 0.6 is 0 Å². The van der Waals surface area contributed by atoms with Crippen molar-refractivity contribution in [2.24, 2.45) is 0 Å². The van der Waals surface area contributed by atoms with Crippen LogP contribution in [-0.2, 0) is 4.74 Å². The van der Waals surface area contributed by atoms with Crippen molar-refractivity contribution in [2.75, 3.05) is 13.2 Å². The largest absolute Gasteiger partial charge is 0.491 e. The lowest BCUT2D eigenvalue weighted by Gasteiger charge is -2.05. The zero-order valence-electron chi connectivity index (χ0n) is 8.65. The topological polar surface area (TPSA) is 21.8 Å². The van der Waals surface area contributed by atoms with Gasteiger partial charge in [-0.1, -0.05) is 12.1 Å². The Kier molecular flexibility index (Phi) is 2.26. The predicted octanol–water partition coefficient (Wildman–Crippen LogP) is 2.76. The van der Waals surface area contributed by atoms with Gasteiger partial charge in [0.2, 0.25) is 0 Å². The minimum atomic E-state index is -0.215. The second kappa shape index (κ2) is 3.76. The Morgan fingerprint density at radius 3 is 2.75 bits per heavy atom. The number of epoxide rings is 1. The fraction of sp³-hybridized carbons (Fsp3) is 0.231. The molecule has 0 aliphatic carbocycles. The molecule has 82 valence electrons. The summed E-state index contributed by atoms with van der Waals surface area (Å²) in [6, 6.07) is 10.4. The van der Waals surface area contributed by atoms with Crippen LogP contribution in [0.15, 0.2) is 36.4 Å². The zero-order chi connectivity index (χ0) is 11.0. The molecule has 16 heavy (non-hydrogen) atoms. The second-order valence-electron chi connectivity index (χ2n) is 3.92. The second-order valence-corrected chi connectivity index (χ2v) is 3.92. The normalized spacial score (nSPS) is 18.7. The quantitative estimate of drug-likeness (QED) is 0.739. The summed E-state index contributed by atoms with van der Waals surface area (Å²) in [5.41, 5.74) is 0. The number of fused-ring (bicyclic) bond motifs is 1.